The molecule has 7 nitrogen and oxygen atoms in total. The van der Waals surface area contributed by atoms with Crippen molar-refractivity contribution in [1.82, 2.24) is 9.88 Å². The number of aryl methyl sites for hydroxylation is 1. The Morgan fingerprint density at radius 2 is 2.06 bits per heavy atom. The van der Waals surface area contributed by atoms with Crippen LogP contribution in [0.3, 0.4) is 0 Å². The summed E-state index contributed by atoms with van der Waals surface area (Å²) in [5.41, 5.74) is -1.03. The number of alkyl halides is 3. The van der Waals surface area contributed by atoms with Crippen LogP contribution in [0.1, 0.15) is 40.5 Å². The Labute approximate surface area is 201 Å². The van der Waals surface area contributed by atoms with Crippen molar-refractivity contribution in [3.8, 4) is 6.07 Å². The van der Waals surface area contributed by atoms with E-state index < -0.39 is 22.9 Å². The summed E-state index contributed by atoms with van der Waals surface area (Å²) < 4.78 is 46.4. The normalized spacial score (nSPS) is 22.1. The standard InChI is InChI=1S/C25H27F3N4O3/c1-3-35-15-24-8-9-31(23(34)20-7-4-16(2)30-22(20)33)12-18(24)13-32(14-24)19-6-5-17(11-29)21(10-19)25(26,27)28/h4-7,10,18H,3,8-9,12-15H2,1-2H3,(H,30,33)/t18-,24+/m1/s1. The van der Waals surface area contributed by atoms with E-state index in [9.17, 15) is 22.8 Å². The van der Waals surface area contributed by atoms with E-state index >= 15 is 0 Å². The second-order valence-electron chi connectivity index (χ2n) is 9.30. The fourth-order valence-corrected chi connectivity index (χ4v) is 5.18. The Morgan fingerprint density at radius 3 is 2.71 bits per heavy atom. The highest BCUT2D eigenvalue weighted by molar-refractivity contribution is 5.94. The van der Waals surface area contributed by atoms with Crippen LogP contribution < -0.4 is 10.5 Å². The summed E-state index contributed by atoms with van der Waals surface area (Å²) in [4.78, 5) is 31.6. The molecule has 0 spiro atoms. The average Bonchev–Trinajstić information content (AvgIpc) is 3.20. The number of halogens is 3. The van der Waals surface area contributed by atoms with Gasteiger partial charge in [0.15, 0.2) is 0 Å². The third-order valence-electron chi connectivity index (χ3n) is 7.09. The molecule has 1 aromatic heterocycles. The van der Waals surface area contributed by atoms with E-state index in [1.807, 2.05) is 11.8 Å². The minimum absolute atomic E-state index is 0.0544. The van der Waals surface area contributed by atoms with E-state index in [1.54, 1.807) is 24.0 Å². The zero-order valence-corrected chi connectivity index (χ0v) is 19.6. The molecule has 2 atom stereocenters. The highest BCUT2D eigenvalue weighted by atomic mass is 19.4. The van der Waals surface area contributed by atoms with Crippen molar-refractivity contribution in [3.05, 3.63) is 63.1 Å². The van der Waals surface area contributed by atoms with E-state index in [0.29, 0.717) is 57.2 Å². The lowest BCUT2D eigenvalue weighted by Crippen LogP contribution is -2.51. The first-order valence-corrected chi connectivity index (χ1v) is 11.5. The average molecular weight is 489 g/mol. The minimum atomic E-state index is -4.64. The molecule has 35 heavy (non-hydrogen) atoms. The number of carbonyl (C=O) groups excluding carboxylic acids is 1. The zero-order chi connectivity index (χ0) is 25.4. The number of H-pyrrole nitrogens is 1. The molecule has 0 unspecified atom stereocenters. The lowest BCUT2D eigenvalue weighted by molar-refractivity contribution is -0.137. The predicted molar refractivity (Wildman–Crippen MR) is 123 cm³/mol. The van der Waals surface area contributed by atoms with Gasteiger partial charge in [-0.1, -0.05) is 0 Å². The highest BCUT2D eigenvalue weighted by Crippen LogP contribution is 2.45. The van der Waals surface area contributed by atoms with Crippen molar-refractivity contribution < 1.29 is 22.7 Å². The molecular weight excluding hydrogens is 461 g/mol. The summed E-state index contributed by atoms with van der Waals surface area (Å²) >= 11 is 0. The van der Waals surface area contributed by atoms with Gasteiger partial charge >= 0.3 is 6.18 Å². The van der Waals surface area contributed by atoms with E-state index in [1.165, 1.54) is 18.2 Å². The largest absolute Gasteiger partial charge is 0.417 e. The number of nitrogens with one attached hydrogen (secondary N) is 1. The maximum Gasteiger partial charge on any atom is 0.417 e. The monoisotopic (exact) mass is 488 g/mol. The Bertz CT molecular complexity index is 1220. The van der Waals surface area contributed by atoms with Gasteiger partial charge in [0.2, 0.25) is 0 Å². The lowest BCUT2D eigenvalue weighted by Gasteiger charge is -2.43. The SMILES string of the molecule is CCOC[C@@]12CCN(C(=O)c3ccc(C)[nH]c3=O)C[C@@H]1CN(c1ccc(C#N)c(C(F)(F)F)c1)C2. The Morgan fingerprint density at radius 1 is 1.29 bits per heavy atom. The molecule has 1 amide bonds. The molecule has 186 valence electrons. The van der Waals surface area contributed by atoms with Crippen molar-refractivity contribution in [2.24, 2.45) is 11.3 Å². The van der Waals surface area contributed by atoms with Crippen molar-refractivity contribution in [2.75, 3.05) is 44.3 Å². The van der Waals surface area contributed by atoms with E-state index in [-0.39, 0.29) is 22.8 Å². The number of hydrogen-bond acceptors (Lipinski definition) is 5. The highest BCUT2D eigenvalue weighted by Gasteiger charge is 2.50. The molecule has 1 N–H and O–H groups in total. The number of anilines is 1. The third kappa shape index (κ3) is 4.78. The number of nitrogens with zero attached hydrogens (tertiary/aromatic N) is 3. The number of fused-ring (bicyclic) bond motifs is 1. The number of piperidine rings is 1. The smallest absolute Gasteiger partial charge is 0.381 e. The lowest BCUT2D eigenvalue weighted by atomic mass is 9.73. The van der Waals surface area contributed by atoms with E-state index in [2.05, 4.69) is 4.98 Å². The summed E-state index contributed by atoms with van der Waals surface area (Å²) in [6.45, 7) is 6.27. The molecule has 2 aromatic rings. The quantitative estimate of drug-likeness (QED) is 0.695. The summed E-state index contributed by atoms with van der Waals surface area (Å²) in [5, 5.41) is 9.11. The zero-order valence-electron chi connectivity index (χ0n) is 19.6. The van der Waals surface area contributed by atoms with Crippen molar-refractivity contribution >= 4 is 11.6 Å². The molecule has 0 aliphatic carbocycles. The number of amides is 1. The Balaban J connectivity index is 1.61. The van der Waals surface area contributed by atoms with Gasteiger partial charge < -0.3 is 19.5 Å². The summed E-state index contributed by atoms with van der Waals surface area (Å²) in [5.74, 6) is -0.409. The summed E-state index contributed by atoms with van der Waals surface area (Å²) in [6, 6.07) is 8.58. The van der Waals surface area contributed by atoms with Crippen LogP contribution in [-0.4, -0.2) is 55.2 Å². The Kier molecular flexibility index (Phi) is 6.64. The van der Waals surface area contributed by atoms with Crippen molar-refractivity contribution in [1.29, 1.82) is 5.26 Å². The van der Waals surface area contributed by atoms with Crippen molar-refractivity contribution in [3.63, 3.8) is 0 Å². The second-order valence-corrected chi connectivity index (χ2v) is 9.30. The maximum atomic E-state index is 13.5. The fraction of sp³-hybridized carbons (Fsp3) is 0.480. The number of likely N-dealkylation sites (tertiary alicyclic amines) is 1. The molecule has 3 heterocycles. The van der Waals surface area contributed by atoms with Gasteiger partial charge in [-0.15, -0.1) is 0 Å². The molecule has 2 aliphatic rings. The molecule has 10 heteroatoms. The number of pyridine rings is 1. The van der Waals surface area contributed by atoms with Gasteiger partial charge in [0.05, 0.1) is 23.8 Å². The Hall–Kier alpha value is -3.32. The van der Waals surface area contributed by atoms with Gasteiger partial charge in [-0.3, -0.25) is 9.59 Å². The number of carbonyl (C=O) groups is 1. The topological polar surface area (TPSA) is 89.4 Å². The van der Waals surface area contributed by atoms with Crippen LogP contribution in [-0.2, 0) is 10.9 Å². The molecule has 4 rings (SSSR count). The predicted octanol–water partition coefficient (Wildman–Crippen LogP) is 3.58. The van der Waals surface area contributed by atoms with Gasteiger partial charge in [0.25, 0.3) is 11.5 Å². The first-order valence-electron chi connectivity index (χ1n) is 11.5. The van der Waals surface area contributed by atoms with Gasteiger partial charge in [0.1, 0.15) is 5.56 Å². The fourth-order valence-electron chi connectivity index (χ4n) is 5.18. The van der Waals surface area contributed by atoms with Crippen LogP contribution in [0, 0.1) is 29.6 Å². The van der Waals surface area contributed by atoms with Crippen molar-refractivity contribution in [2.45, 2.75) is 26.4 Å². The van der Waals surface area contributed by atoms with Crippen LogP contribution in [0.2, 0.25) is 0 Å². The molecule has 2 saturated heterocycles. The van der Waals surface area contributed by atoms with Gasteiger partial charge in [-0.05, 0) is 50.6 Å². The van der Waals surface area contributed by atoms with Crippen LogP contribution in [0.5, 0.6) is 0 Å². The summed E-state index contributed by atoms with van der Waals surface area (Å²) in [7, 11) is 0. The molecule has 2 fully saturated rings. The number of nitriles is 1. The summed E-state index contributed by atoms with van der Waals surface area (Å²) in [6.07, 6.45) is -4.03. The minimum Gasteiger partial charge on any atom is -0.381 e. The number of rotatable bonds is 5. The number of aromatic amines is 1. The van der Waals surface area contributed by atoms with Crippen LogP contribution in [0.25, 0.3) is 0 Å². The molecular formula is C25H27F3N4O3. The molecule has 1 aromatic carbocycles. The number of benzene rings is 1. The van der Waals surface area contributed by atoms with Crippen LogP contribution >= 0.6 is 0 Å². The van der Waals surface area contributed by atoms with Gasteiger partial charge in [-0.2, -0.15) is 18.4 Å². The van der Waals surface area contributed by atoms with E-state index in [4.69, 9.17) is 10.00 Å². The number of aromatic nitrogens is 1. The van der Waals surface area contributed by atoms with Crippen LogP contribution in [0.15, 0.2) is 35.1 Å². The number of hydrogen-bond donors (Lipinski definition) is 1. The first kappa shape index (κ1) is 24.8. The molecule has 2 aliphatic heterocycles. The molecule has 0 radical (unpaired) electrons. The van der Waals surface area contributed by atoms with E-state index in [0.717, 1.165) is 6.07 Å². The second kappa shape index (κ2) is 9.38. The third-order valence-corrected chi connectivity index (χ3v) is 7.09. The number of ether oxygens (including phenoxy) is 1. The van der Waals surface area contributed by atoms with Crippen LogP contribution in [0.4, 0.5) is 18.9 Å². The van der Waals surface area contributed by atoms with Gasteiger partial charge in [-0.25, -0.2) is 0 Å². The first-order chi connectivity index (χ1) is 16.6. The molecule has 0 saturated carbocycles. The van der Waals surface area contributed by atoms with Gasteiger partial charge in [0, 0.05) is 55.5 Å². The molecule has 0 bridgehead atoms. The maximum absolute atomic E-state index is 13.5.